The molecule has 0 fully saturated rings. The molecule has 0 saturated carbocycles. The number of ether oxygens (including phenoxy) is 1. The quantitative estimate of drug-likeness (QED) is 0.836. The molecule has 1 aromatic heterocycles. The number of anilines is 1. The summed E-state index contributed by atoms with van der Waals surface area (Å²) in [5.41, 5.74) is 1.51. The predicted molar refractivity (Wildman–Crippen MR) is 75.2 cm³/mol. The second-order valence-corrected chi connectivity index (χ2v) is 4.47. The SMILES string of the molecule is Cc1cnn(CC(=O)Nc2cccc(OCC(=O)O)c2)c1. The van der Waals surface area contributed by atoms with Crippen molar-refractivity contribution in [3.63, 3.8) is 0 Å². The topological polar surface area (TPSA) is 93.5 Å². The molecule has 0 aliphatic heterocycles. The van der Waals surface area contributed by atoms with E-state index in [2.05, 4.69) is 10.4 Å². The molecule has 0 atom stereocenters. The van der Waals surface area contributed by atoms with Gasteiger partial charge in [-0.3, -0.25) is 9.48 Å². The van der Waals surface area contributed by atoms with Crippen LogP contribution >= 0.6 is 0 Å². The molecule has 1 aromatic carbocycles. The first-order valence-corrected chi connectivity index (χ1v) is 6.26. The highest BCUT2D eigenvalue weighted by Gasteiger charge is 2.06. The minimum absolute atomic E-state index is 0.105. The average molecular weight is 289 g/mol. The number of carboxylic acids is 1. The standard InChI is InChI=1S/C14H15N3O4/c1-10-6-15-17(7-10)8-13(18)16-11-3-2-4-12(5-11)21-9-14(19)20/h2-7H,8-9H2,1H3,(H,16,18)(H,19,20). The van der Waals surface area contributed by atoms with Gasteiger partial charge in [0.05, 0.1) is 6.20 Å². The fourth-order valence-electron chi connectivity index (χ4n) is 1.71. The normalized spacial score (nSPS) is 10.1. The van der Waals surface area contributed by atoms with Crippen molar-refractivity contribution in [3.8, 4) is 5.75 Å². The van der Waals surface area contributed by atoms with Gasteiger partial charge in [-0.25, -0.2) is 4.79 Å². The van der Waals surface area contributed by atoms with Crippen LogP contribution in [0.25, 0.3) is 0 Å². The number of aromatic nitrogens is 2. The predicted octanol–water partition coefficient (Wildman–Crippen LogP) is 1.29. The highest BCUT2D eigenvalue weighted by Crippen LogP contribution is 2.17. The molecule has 0 saturated heterocycles. The molecule has 2 rings (SSSR count). The number of benzene rings is 1. The zero-order valence-corrected chi connectivity index (χ0v) is 11.4. The Balaban J connectivity index is 1.94. The van der Waals surface area contributed by atoms with Gasteiger partial charge in [0.2, 0.25) is 5.91 Å². The van der Waals surface area contributed by atoms with Crippen LogP contribution in [-0.4, -0.2) is 33.4 Å². The van der Waals surface area contributed by atoms with E-state index in [1.54, 1.807) is 36.7 Å². The number of nitrogens with zero attached hydrogens (tertiary/aromatic N) is 2. The summed E-state index contributed by atoms with van der Waals surface area (Å²) in [7, 11) is 0. The number of carbonyl (C=O) groups is 2. The molecule has 1 heterocycles. The highest BCUT2D eigenvalue weighted by atomic mass is 16.5. The van der Waals surface area contributed by atoms with Crippen LogP contribution in [0.2, 0.25) is 0 Å². The minimum atomic E-state index is -1.06. The Morgan fingerprint density at radius 1 is 1.43 bits per heavy atom. The van der Waals surface area contributed by atoms with Crippen LogP contribution < -0.4 is 10.1 Å². The summed E-state index contributed by atoms with van der Waals surface area (Å²) in [4.78, 5) is 22.3. The smallest absolute Gasteiger partial charge is 0.341 e. The van der Waals surface area contributed by atoms with Crippen LogP contribution in [0.1, 0.15) is 5.56 Å². The van der Waals surface area contributed by atoms with Crippen molar-refractivity contribution in [1.82, 2.24) is 9.78 Å². The molecule has 0 unspecified atom stereocenters. The van der Waals surface area contributed by atoms with Gasteiger partial charge in [0.25, 0.3) is 0 Å². The molecule has 2 aromatic rings. The van der Waals surface area contributed by atoms with Crippen LogP contribution in [0.4, 0.5) is 5.69 Å². The number of carbonyl (C=O) groups excluding carboxylic acids is 1. The summed E-state index contributed by atoms with van der Waals surface area (Å²) in [6.07, 6.45) is 3.44. The molecule has 0 aliphatic carbocycles. The number of aliphatic carboxylic acids is 1. The molecule has 7 nitrogen and oxygen atoms in total. The van der Waals surface area contributed by atoms with Crippen molar-refractivity contribution in [2.75, 3.05) is 11.9 Å². The van der Waals surface area contributed by atoms with Gasteiger partial charge in [-0.2, -0.15) is 5.10 Å². The molecule has 0 spiro atoms. The largest absolute Gasteiger partial charge is 0.482 e. The Morgan fingerprint density at radius 2 is 2.24 bits per heavy atom. The van der Waals surface area contributed by atoms with Gasteiger partial charge in [0, 0.05) is 18.0 Å². The lowest BCUT2D eigenvalue weighted by Crippen LogP contribution is -2.19. The summed E-state index contributed by atoms with van der Waals surface area (Å²) in [5.74, 6) is -0.905. The van der Waals surface area contributed by atoms with E-state index in [4.69, 9.17) is 9.84 Å². The van der Waals surface area contributed by atoms with E-state index in [-0.39, 0.29) is 12.5 Å². The molecule has 0 aliphatic rings. The van der Waals surface area contributed by atoms with Crippen molar-refractivity contribution in [1.29, 1.82) is 0 Å². The van der Waals surface area contributed by atoms with Crippen molar-refractivity contribution in [2.45, 2.75) is 13.5 Å². The van der Waals surface area contributed by atoms with E-state index < -0.39 is 12.6 Å². The second kappa shape index (κ2) is 6.56. The molecule has 7 heteroatoms. The fraction of sp³-hybridized carbons (Fsp3) is 0.214. The van der Waals surface area contributed by atoms with Crippen molar-refractivity contribution >= 4 is 17.6 Å². The zero-order valence-electron chi connectivity index (χ0n) is 11.4. The molecule has 2 N–H and O–H groups in total. The van der Waals surface area contributed by atoms with Gasteiger partial charge >= 0.3 is 5.97 Å². The summed E-state index contributed by atoms with van der Waals surface area (Å²) in [5, 5.41) is 15.3. The van der Waals surface area contributed by atoms with E-state index in [0.29, 0.717) is 11.4 Å². The summed E-state index contributed by atoms with van der Waals surface area (Å²) >= 11 is 0. The molecule has 21 heavy (non-hydrogen) atoms. The molecule has 1 amide bonds. The van der Waals surface area contributed by atoms with Gasteiger partial charge in [-0.15, -0.1) is 0 Å². The van der Waals surface area contributed by atoms with Crippen LogP contribution in [-0.2, 0) is 16.1 Å². The Hall–Kier alpha value is -2.83. The third-order valence-corrected chi connectivity index (χ3v) is 2.55. The average Bonchev–Trinajstić information content (AvgIpc) is 2.82. The summed E-state index contributed by atoms with van der Waals surface area (Å²) in [6, 6.07) is 6.55. The second-order valence-electron chi connectivity index (χ2n) is 4.47. The van der Waals surface area contributed by atoms with Gasteiger partial charge < -0.3 is 15.2 Å². The van der Waals surface area contributed by atoms with E-state index in [1.807, 2.05) is 6.92 Å². The first kappa shape index (κ1) is 14.6. The lowest BCUT2D eigenvalue weighted by atomic mass is 10.3. The van der Waals surface area contributed by atoms with Crippen LogP contribution in [0.3, 0.4) is 0 Å². The van der Waals surface area contributed by atoms with Crippen LogP contribution in [0, 0.1) is 6.92 Å². The van der Waals surface area contributed by atoms with Gasteiger partial charge in [-0.1, -0.05) is 6.07 Å². The summed E-state index contributed by atoms with van der Waals surface area (Å²) < 4.78 is 6.58. The number of nitrogens with one attached hydrogen (secondary N) is 1. The maximum absolute atomic E-state index is 11.9. The first-order valence-electron chi connectivity index (χ1n) is 6.26. The molecule has 110 valence electrons. The van der Waals surface area contributed by atoms with Gasteiger partial charge in [-0.05, 0) is 24.6 Å². The van der Waals surface area contributed by atoms with Crippen molar-refractivity contribution < 1.29 is 19.4 Å². The van der Waals surface area contributed by atoms with Crippen LogP contribution in [0.15, 0.2) is 36.7 Å². The third-order valence-electron chi connectivity index (χ3n) is 2.55. The lowest BCUT2D eigenvalue weighted by Gasteiger charge is -2.08. The molecule has 0 bridgehead atoms. The minimum Gasteiger partial charge on any atom is -0.482 e. The lowest BCUT2D eigenvalue weighted by molar-refractivity contribution is -0.139. The molecular weight excluding hydrogens is 274 g/mol. The maximum Gasteiger partial charge on any atom is 0.341 e. The van der Waals surface area contributed by atoms with Crippen molar-refractivity contribution in [3.05, 3.63) is 42.2 Å². The van der Waals surface area contributed by atoms with E-state index >= 15 is 0 Å². The molecular formula is C14H15N3O4. The Kier molecular flexibility index (Phi) is 4.55. The molecule has 0 radical (unpaired) electrons. The number of amides is 1. The van der Waals surface area contributed by atoms with E-state index in [9.17, 15) is 9.59 Å². The number of hydrogen-bond acceptors (Lipinski definition) is 4. The first-order chi connectivity index (χ1) is 10.0. The Labute approximate surface area is 121 Å². The van der Waals surface area contributed by atoms with Gasteiger partial charge in [0.15, 0.2) is 6.61 Å². The number of carboxylic acid groups (broad SMARTS) is 1. The van der Waals surface area contributed by atoms with E-state index in [0.717, 1.165) is 5.56 Å². The third kappa shape index (κ3) is 4.64. The van der Waals surface area contributed by atoms with Crippen LogP contribution in [0.5, 0.6) is 5.75 Å². The Morgan fingerprint density at radius 3 is 2.90 bits per heavy atom. The van der Waals surface area contributed by atoms with Crippen molar-refractivity contribution in [2.24, 2.45) is 0 Å². The number of hydrogen-bond donors (Lipinski definition) is 2. The number of aryl methyl sites for hydroxylation is 1. The summed E-state index contributed by atoms with van der Waals surface area (Å²) in [6.45, 7) is 1.57. The fourth-order valence-corrected chi connectivity index (χ4v) is 1.71. The zero-order chi connectivity index (χ0) is 15.2. The number of rotatable bonds is 6. The highest BCUT2D eigenvalue weighted by molar-refractivity contribution is 5.90. The van der Waals surface area contributed by atoms with E-state index in [1.165, 1.54) is 4.68 Å². The Bertz CT molecular complexity index is 651. The maximum atomic E-state index is 11.9. The van der Waals surface area contributed by atoms with Gasteiger partial charge in [0.1, 0.15) is 12.3 Å². The monoisotopic (exact) mass is 289 g/mol.